The number of hydrogen-bond acceptors (Lipinski definition) is 4. The second kappa shape index (κ2) is 7.61. The highest BCUT2D eigenvalue weighted by atomic mass is 19.1. The maximum atomic E-state index is 13.7. The number of fused-ring (bicyclic) bond motifs is 1. The van der Waals surface area contributed by atoms with Crippen LogP contribution in [0.3, 0.4) is 0 Å². The first-order chi connectivity index (χ1) is 11.3. The Morgan fingerprint density at radius 1 is 1.35 bits per heavy atom. The van der Waals surface area contributed by atoms with Gasteiger partial charge in [-0.3, -0.25) is 4.99 Å². The normalized spacial score (nSPS) is 20.8. The molecule has 6 nitrogen and oxygen atoms in total. The van der Waals surface area contributed by atoms with Gasteiger partial charge in [0.15, 0.2) is 12.8 Å². The quantitative estimate of drug-likeness (QED) is 0.648. The second-order valence-corrected chi connectivity index (χ2v) is 5.70. The minimum atomic E-state index is -0.291. The van der Waals surface area contributed by atoms with Gasteiger partial charge < -0.3 is 24.8 Å². The molecule has 3 rings (SSSR count). The molecule has 0 spiro atoms. The molecule has 126 valence electrons. The van der Waals surface area contributed by atoms with Crippen LogP contribution in [0.4, 0.5) is 4.39 Å². The van der Waals surface area contributed by atoms with Crippen molar-refractivity contribution < 1.29 is 18.6 Å². The van der Waals surface area contributed by atoms with Crippen molar-refractivity contribution >= 4 is 5.96 Å². The van der Waals surface area contributed by atoms with Crippen LogP contribution < -0.4 is 15.4 Å². The number of halogens is 1. The Balaban J connectivity index is 1.59. The lowest BCUT2D eigenvalue weighted by atomic mass is 10.1. The molecule has 1 aromatic carbocycles. The fraction of sp³-hybridized carbons (Fsp3) is 0.562. The highest BCUT2D eigenvalue weighted by Gasteiger charge is 2.18. The standard InChI is InChI=1S/C16H22FN3O3/c1-18-16(19-6-11-2-3-21-8-11)20-7-12-4-14(17)5-13-9-22-10-23-15(12)13/h4-5,11H,2-3,6-10H2,1H3,(H2,18,19,20). The lowest BCUT2D eigenvalue weighted by Gasteiger charge is -2.21. The summed E-state index contributed by atoms with van der Waals surface area (Å²) in [5.74, 6) is 1.60. The summed E-state index contributed by atoms with van der Waals surface area (Å²) in [6.45, 7) is 3.42. The van der Waals surface area contributed by atoms with Crippen molar-refractivity contribution in [2.75, 3.05) is 33.6 Å². The molecule has 1 unspecified atom stereocenters. The number of rotatable bonds is 4. The highest BCUT2D eigenvalue weighted by molar-refractivity contribution is 5.79. The topological polar surface area (TPSA) is 64.1 Å². The second-order valence-electron chi connectivity index (χ2n) is 5.70. The molecule has 0 aromatic heterocycles. The third kappa shape index (κ3) is 4.11. The van der Waals surface area contributed by atoms with E-state index in [0.29, 0.717) is 30.8 Å². The number of nitrogens with one attached hydrogen (secondary N) is 2. The molecule has 23 heavy (non-hydrogen) atoms. The Hall–Kier alpha value is -1.86. The number of aliphatic imine (C=N–C) groups is 1. The van der Waals surface area contributed by atoms with Crippen LogP contribution in [-0.2, 0) is 22.6 Å². The van der Waals surface area contributed by atoms with E-state index in [4.69, 9.17) is 14.2 Å². The van der Waals surface area contributed by atoms with Crippen LogP contribution in [-0.4, -0.2) is 39.6 Å². The van der Waals surface area contributed by atoms with Crippen LogP contribution in [0.2, 0.25) is 0 Å². The zero-order valence-corrected chi connectivity index (χ0v) is 13.2. The summed E-state index contributed by atoms with van der Waals surface area (Å²) in [5.41, 5.74) is 1.49. The predicted octanol–water partition coefficient (Wildman–Crippen LogP) is 1.39. The minimum Gasteiger partial charge on any atom is -0.467 e. The van der Waals surface area contributed by atoms with E-state index < -0.39 is 0 Å². The predicted molar refractivity (Wildman–Crippen MR) is 83.8 cm³/mol. The minimum absolute atomic E-state index is 0.195. The molecular weight excluding hydrogens is 301 g/mol. The molecule has 2 heterocycles. The third-order valence-corrected chi connectivity index (χ3v) is 4.00. The van der Waals surface area contributed by atoms with Crippen LogP contribution in [0.15, 0.2) is 17.1 Å². The molecule has 1 fully saturated rings. The van der Waals surface area contributed by atoms with Crippen molar-refractivity contribution in [3.63, 3.8) is 0 Å². The Morgan fingerprint density at radius 3 is 3.04 bits per heavy atom. The highest BCUT2D eigenvalue weighted by Crippen LogP contribution is 2.29. The molecule has 0 saturated carbocycles. The maximum absolute atomic E-state index is 13.7. The first-order valence-corrected chi connectivity index (χ1v) is 7.80. The van der Waals surface area contributed by atoms with Gasteiger partial charge in [-0.1, -0.05) is 0 Å². The van der Waals surface area contributed by atoms with E-state index in [1.165, 1.54) is 12.1 Å². The van der Waals surface area contributed by atoms with Gasteiger partial charge in [-0.2, -0.15) is 0 Å². The summed E-state index contributed by atoms with van der Waals surface area (Å²) in [6, 6.07) is 2.93. The Kier molecular flexibility index (Phi) is 5.30. The molecule has 1 atom stereocenters. The molecular formula is C16H22FN3O3. The van der Waals surface area contributed by atoms with Crippen LogP contribution in [0.5, 0.6) is 5.75 Å². The molecule has 2 aliphatic heterocycles. The van der Waals surface area contributed by atoms with Crippen molar-refractivity contribution in [1.82, 2.24) is 10.6 Å². The monoisotopic (exact) mass is 323 g/mol. The molecule has 1 aromatic rings. The summed E-state index contributed by atoms with van der Waals surface area (Å²) in [4.78, 5) is 4.19. The first-order valence-electron chi connectivity index (χ1n) is 7.80. The van der Waals surface area contributed by atoms with Gasteiger partial charge in [0, 0.05) is 43.8 Å². The van der Waals surface area contributed by atoms with Crippen molar-refractivity contribution in [3.8, 4) is 5.75 Å². The lowest BCUT2D eigenvalue weighted by Crippen LogP contribution is -2.39. The summed E-state index contributed by atoms with van der Waals surface area (Å²) >= 11 is 0. The van der Waals surface area contributed by atoms with Crippen molar-refractivity contribution in [2.45, 2.75) is 19.6 Å². The summed E-state index contributed by atoms with van der Waals surface area (Å²) in [7, 11) is 1.71. The van der Waals surface area contributed by atoms with Crippen LogP contribution in [0, 0.1) is 11.7 Å². The van der Waals surface area contributed by atoms with E-state index in [2.05, 4.69) is 15.6 Å². The lowest BCUT2D eigenvalue weighted by molar-refractivity contribution is -0.0172. The van der Waals surface area contributed by atoms with E-state index in [9.17, 15) is 4.39 Å². The van der Waals surface area contributed by atoms with Gasteiger partial charge in [-0.15, -0.1) is 0 Å². The fourth-order valence-corrected chi connectivity index (χ4v) is 2.77. The third-order valence-electron chi connectivity index (χ3n) is 4.00. The van der Waals surface area contributed by atoms with E-state index >= 15 is 0 Å². The van der Waals surface area contributed by atoms with Crippen LogP contribution in [0.25, 0.3) is 0 Å². The number of ether oxygens (including phenoxy) is 3. The Bertz CT molecular complexity index is 574. The van der Waals surface area contributed by atoms with Gasteiger partial charge >= 0.3 is 0 Å². The van der Waals surface area contributed by atoms with Gasteiger partial charge in [0.05, 0.1) is 13.2 Å². The average Bonchev–Trinajstić information content (AvgIpc) is 3.08. The van der Waals surface area contributed by atoms with Gasteiger partial charge in [0.25, 0.3) is 0 Å². The molecule has 7 heteroatoms. The summed E-state index contributed by atoms with van der Waals surface area (Å²) in [5, 5.41) is 6.47. The van der Waals surface area contributed by atoms with Crippen LogP contribution in [0.1, 0.15) is 17.5 Å². The van der Waals surface area contributed by atoms with E-state index in [1.54, 1.807) is 7.05 Å². The maximum Gasteiger partial charge on any atom is 0.191 e. The van der Waals surface area contributed by atoms with E-state index in [-0.39, 0.29) is 12.6 Å². The van der Waals surface area contributed by atoms with Crippen molar-refractivity contribution in [2.24, 2.45) is 10.9 Å². The summed E-state index contributed by atoms with van der Waals surface area (Å²) in [6.07, 6.45) is 1.06. The number of guanidine groups is 1. The smallest absolute Gasteiger partial charge is 0.191 e. The number of benzene rings is 1. The van der Waals surface area contributed by atoms with Gasteiger partial charge in [0.1, 0.15) is 11.6 Å². The molecule has 0 radical (unpaired) electrons. The van der Waals surface area contributed by atoms with Crippen LogP contribution >= 0.6 is 0 Å². The zero-order valence-electron chi connectivity index (χ0n) is 13.2. The largest absolute Gasteiger partial charge is 0.467 e. The Labute approximate surface area is 135 Å². The van der Waals surface area contributed by atoms with Crippen molar-refractivity contribution in [3.05, 3.63) is 29.1 Å². The molecule has 2 N–H and O–H groups in total. The summed E-state index contributed by atoms with van der Waals surface area (Å²) < 4.78 is 29.8. The van der Waals surface area contributed by atoms with Gasteiger partial charge in [-0.05, 0) is 18.6 Å². The molecule has 0 bridgehead atoms. The van der Waals surface area contributed by atoms with Gasteiger partial charge in [-0.25, -0.2) is 4.39 Å². The van der Waals surface area contributed by atoms with E-state index in [0.717, 1.165) is 37.3 Å². The molecule has 1 saturated heterocycles. The molecule has 0 amide bonds. The fourth-order valence-electron chi connectivity index (χ4n) is 2.77. The first kappa shape index (κ1) is 16.0. The zero-order chi connectivity index (χ0) is 16.1. The average molecular weight is 323 g/mol. The van der Waals surface area contributed by atoms with Crippen molar-refractivity contribution in [1.29, 1.82) is 0 Å². The SMILES string of the molecule is CN=C(NCc1cc(F)cc2c1OCOC2)NCC1CCOC1. The number of hydrogen-bond donors (Lipinski definition) is 2. The van der Waals surface area contributed by atoms with Gasteiger partial charge in [0.2, 0.25) is 0 Å². The van der Waals surface area contributed by atoms with E-state index in [1.807, 2.05) is 0 Å². The molecule has 0 aliphatic carbocycles. The number of nitrogens with zero attached hydrogens (tertiary/aromatic N) is 1. The molecule has 2 aliphatic rings. The Morgan fingerprint density at radius 2 is 2.26 bits per heavy atom.